The van der Waals surface area contributed by atoms with Crippen LogP contribution in [0.3, 0.4) is 0 Å². The summed E-state index contributed by atoms with van der Waals surface area (Å²) in [6.45, 7) is 9.66. The maximum Gasteiger partial charge on any atom is 0.320 e. The maximum absolute atomic E-state index is 12.7. The van der Waals surface area contributed by atoms with Crippen LogP contribution in [0.5, 0.6) is 0 Å². The van der Waals surface area contributed by atoms with Gasteiger partial charge in [0.15, 0.2) is 0 Å². The number of hydrogen-bond donors (Lipinski definition) is 1. The summed E-state index contributed by atoms with van der Waals surface area (Å²) in [7, 11) is 0. The summed E-state index contributed by atoms with van der Waals surface area (Å²) in [5.41, 5.74) is 0. The van der Waals surface area contributed by atoms with Crippen molar-refractivity contribution >= 4 is 12.0 Å². The highest BCUT2D eigenvalue weighted by Gasteiger charge is 2.42. The highest BCUT2D eigenvalue weighted by atomic mass is 16.4. The van der Waals surface area contributed by atoms with E-state index < -0.39 is 11.9 Å². The van der Waals surface area contributed by atoms with Crippen LogP contribution < -0.4 is 0 Å². The third-order valence-corrected chi connectivity index (χ3v) is 5.16. The van der Waals surface area contributed by atoms with E-state index in [2.05, 4.69) is 20.8 Å². The first-order valence-electron chi connectivity index (χ1n) is 7.63. The van der Waals surface area contributed by atoms with Crippen molar-refractivity contribution in [1.29, 1.82) is 0 Å². The van der Waals surface area contributed by atoms with Crippen LogP contribution in [0.4, 0.5) is 4.79 Å². The minimum Gasteiger partial charge on any atom is -0.481 e. The Morgan fingerprint density at radius 3 is 2.25 bits per heavy atom. The molecule has 0 aromatic heterocycles. The van der Waals surface area contributed by atoms with Crippen LogP contribution in [-0.2, 0) is 4.79 Å². The molecule has 114 valence electrons. The monoisotopic (exact) mass is 282 g/mol. The van der Waals surface area contributed by atoms with Crippen molar-refractivity contribution < 1.29 is 14.7 Å². The zero-order valence-corrected chi connectivity index (χ0v) is 12.9. The maximum atomic E-state index is 12.7. The average Bonchev–Trinajstić information content (AvgIpc) is 2.75. The fourth-order valence-electron chi connectivity index (χ4n) is 3.67. The predicted molar refractivity (Wildman–Crippen MR) is 76.4 cm³/mol. The van der Waals surface area contributed by atoms with E-state index in [1.807, 2.05) is 11.8 Å². The lowest BCUT2D eigenvalue weighted by Crippen LogP contribution is -2.54. The fourth-order valence-corrected chi connectivity index (χ4v) is 3.67. The molecule has 5 unspecified atom stereocenters. The molecule has 0 bridgehead atoms. The Morgan fingerprint density at radius 1 is 1.05 bits per heavy atom. The Kier molecular flexibility index (Phi) is 4.25. The second-order valence-corrected chi connectivity index (χ2v) is 6.66. The smallest absolute Gasteiger partial charge is 0.320 e. The number of likely N-dealkylation sites (tertiary alicyclic amines) is 2. The fraction of sp³-hybridized carbons (Fsp3) is 0.867. The molecule has 1 N–H and O–H groups in total. The van der Waals surface area contributed by atoms with Crippen LogP contribution in [0.15, 0.2) is 0 Å². The third-order valence-electron chi connectivity index (χ3n) is 5.16. The van der Waals surface area contributed by atoms with E-state index >= 15 is 0 Å². The Hall–Kier alpha value is -1.26. The van der Waals surface area contributed by atoms with Crippen molar-refractivity contribution in [1.82, 2.24) is 9.80 Å². The Bertz CT molecular complexity index is 399. The molecule has 2 saturated heterocycles. The average molecular weight is 282 g/mol. The summed E-state index contributed by atoms with van der Waals surface area (Å²) in [5, 5.41) is 9.18. The summed E-state index contributed by atoms with van der Waals surface area (Å²) in [6, 6.07) is 0.0432. The van der Waals surface area contributed by atoms with Gasteiger partial charge >= 0.3 is 12.0 Å². The van der Waals surface area contributed by atoms with E-state index in [-0.39, 0.29) is 18.1 Å². The quantitative estimate of drug-likeness (QED) is 0.802. The molecule has 2 aliphatic heterocycles. The number of carboxylic acids is 1. The molecule has 2 rings (SSSR count). The zero-order chi connectivity index (χ0) is 15.0. The number of nitrogens with zero attached hydrogens (tertiary/aromatic N) is 2. The van der Waals surface area contributed by atoms with Gasteiger partial charge in [-0.25, -0.2) is 4.79 Å². The lowest BCUT2D eigenvalue weighted by atomic mass is 9.86. The minimum atomic E-state index is -0.791. The van der Waals surface area contributed by atoms with Crippen molar-refractivity contribution in [2.45, 2.75) is 52.6 Å². The van der Waals surface area contributed by atoms with Crippen molar-refractivity contribution in [3.05, 3.63) is 0 Å². The normalized spacial score (nSPS) is 38.1. The first kappa shape index (κ1) is 15.1. The number of hydrogen-bond acceptors (Lipinski definition) is 2. The minimum absolute atomic E-state index is 0.0205. The van der Waals surface area contributed by atoms with E-state index in [9.17, 15) is 14.7 Å². The van der Waals surface area contributed by atoms with Gasteiger partial charge in [0.2, 0.25) is 0 Å². The van der Waals surface area contributed by atoms with E-state index in [4.69, 9.17) is 0 Å². The molecule has 2 heterocycles. The van der Waals surface area contributed by atoms with Gasteiger partial charge in [-0.2, -0.15) is 0 Å². The molecule has 20 heavy (non-hydrogen) atoms. The molecule has 0 spiro atoms. The molecule has 5 heteroatoms. The van der Waals surface area contributed by atoms with Gasteiger partial charge in [0.1, 0.15) is 0 Å². The van der Waals surface area contributed by atoms with Gasteiger partial charge in [0.25, 0.3) is 0 Å². The van der Waals surface area contributed by atoms with Crippen LogP contribution in [0, 0.1) is 17.8 Å². The molecule has 5 nitrogen and oxygen atoms in total. The van der Waals surface area contributed by atoms with Crippen LogP contribution in [0.25, 0.3) is 0 Å². The number of urea groups is 1. The summed E-state index contributed by atoms with van der Waals surface area (Å²) in [4.78, 5) is 27.6. The van der Waals surface area contributed by atoms with Crippen molar-refractivity contribution in [3.8, 4) is 0 Å². The first-order chi connectivity index (χ1) is 9.32. The van der Waals surface area contributed by atoms with Gasteiger partial charge in [-0.1, -0.05) is 13.8 Å². The molecule has 0 aromatic carbocycles. The molecule has 2 amide bonds. The standard InChI is InChI=1S/C15H26N2O3/c1-9-7-10(2)11(3)17(8-9)15(20)16-6-5-13(12(16)4)14(18)19/h9-13H,5-8H2,1-4H3,(H,18,19). The van der Waals surface area contributed by atoms with Gasteiger partial charge in [-0.05, 0) is 38.5 Å². The van der Waals surface area contributed by atoms with Crippen LogP contribution in [0.1, 0.15) is 40.5 Å². The molecule has 0 aromatic rings. The zero-order valence-electron chi connectivity index (χ0n) is 12.9. The highest BCUT2D eigenvalue weighted by molar-refractivity contribution is 5.78. The Labute approximate surface area is 120 Å². The topological polar surface area (TPSA) is 60.9 Å². The number of piperidine rings is 1. The second kappa shape index (κ2) is 5.62. The number of carbonyl (C=O) groups excluding carboxylic acids is 1. The van der Waals surface area contributed by atoms with Gasteiger partial charge in [0.05, 0.1) is 5.92 Å². The van der Waals surface area contributed by atoms with Gasteiger partial charge < -0.3 is 14.9 Å². The molecule has 0 radical (unpaired) electrons. The van der Waals surface area contributed by atoms with Gasteiger partial charge in [-0.3, -0.25) is 4.79 Å². The van der Waals surface area contributed by atoms with Crippen molar-refractivity contribution in [2.24, 2.45) is 17.8 Å². The lowest BCUT2D eigenvalue weighted by Gasteiger charge is -2.43. The SMILES string of the molecule is CC1CC(C)C(C)N(C(=O)N2CCC(C(=O)O)C2C)C1. The summed E-state index contributed by atoms with van der Waals surface area (Å²) in [6.07, 6.45) is 1.72. The molecule has 0 saturated carbocycles. The van der Waals surface area contributed by atoms with Gasteiger partial charge in [0, 0.05) is 25.2 Å². The molecular formula is C15H26N2O3. The van der Waals surface area contributed by atoms with E-state index in [1.54, 1.807) is 4.90 Å². The number of rotatable bonds is 1. The lowest BCUT2D eigenvalue weighted by molar-refractivity contribution is -0.142. The van der Waals surface area contributed by atoms with Crippen LogP contribution >= 0.6 is 0 Å². The van der Waals surface area contributed by atoms with E-state index in [1.165, 1.54) is 0 Å². The molecule has 5 atom stereocenters. The molecular weight excluding hydrogens is 256 g/mol. The largest absolute Gasteiger partial charge is 0.481 e. The Morgan fingerprint density at radius 2 is 1.70 bits per heavy atom. The van der Waals surface area contributed by atoms with Crippen molar-refractivity contribution in [3.63, 3.8) is 0 Å². The van der Waals surface area contributed by atoms with Gasteiger partial charge in [-0.15, -0.1) is 0 Å². The number of amides is 2. The Balaban J connectivity index is 2.09. The summed E-state index contributed by atoms with van der Waals surface area (Å²) < 4.78 is 0. The second-order valence-electron chi connectivity index (χ2n) is 6.66. The number of carbonyl (C=O) groups is 2. The molecule has 2 aliphatic rings. The number of aliphatic carboxylic acids is 1. The summed E-state index contributed by atoms with van der Waals surface area (Å²) >= 11 is 0. The molecule has 0 aliphatic carbocycles. The highest BCUT2D eigenvalue weighted by Crippen LogP contribution is 2.31. The predicted octanol–water partition coefficient (Wildman–Crippen LogP) is 2.27. The van der Waals surface area contributed by atoms with Crippen LogP contribution in [0.2, 0.25) is 0 Å². The first-order valence-corrected chi connectivity index (χ1v) is 7.63. The van der Waals surface area contributed by atoms with Crippen molar-refractivity contribution in [2.75, 3.05) is 13.1 Å². The number of carboxylic acid groups (broad SMARTS) is 1. The van der Waals surface area contributed by atoms with E-state index in [0.717, 1.165) is 13.0 Å². The van der Waals surface area contributed by atoms with Crippen LogP contribution in [-0.4, -0.2) is 52.1 Å². The summed E-state index contributed by atoms with van der Waals surface area (Å²) in [5.74, 6) is -0.204. The van der Waals surface area contributed by atoms with E-state index in [0.29, 0.717) is 24.8 Å². The molecule has 2 fully saturated rings. The third kappa shape index (κ3) is 2.63.